The molecular weight excluding hydrogens is 302 g/mol. The Morgan fingerprint density at radius 3 is 2.58 bits per heavy atom. The SMILES string of the molecule is Cc1ccc(C)c(OC2CCN(C(=O)CC3(O)CCCC3)CC2)c1. The van der Waals surface area contributed by atoms with Crippen molar-refractivity contribution in [2.24, 2.45) is 0 Å². The number of ether oxygens (including phenoxy) is 1. The standard InChI is InChI=1S/C20H29NO3/c1-15-5-6-16(2)18(13-15)24-17-7-11-21(12-8-17)19(22)14-20(23)9-3-4-10-20/h5-6,13,17,23H,3-4,7-12,14H2,1-2H3. The second kappa shape index (κ2) is 7.14. The lowest BCUT2D eigenvalue weighted by atomic mass is 9.96. The van der Waals surface area contributed by atoms with Gasteiger partial charge in [0.05, 0.1) is 12.0 Å². The van der Waals surface area contributed by atoms with Gasteiger partial charge in [0.1, 0.15) is 11.9 Å². The molecule has 4 heteroatoms. The number of aryl methyl sites for hydroxylation is 2. The van der Waals surface area contributed by atoms with E-state index in [0.717, 1.165) is 62.9 Å². The molecule has 1 saturated carbocycles. The minimum atomic E-state index is -0.747. The van der Waals surface area contributed by atoms with Crippen LogP contribution < -0.4 is 4.74 Å². The summed E-state index contributed by atoms with van der Waals surface area (Å²) < 4.78 is 6.16. The molecule has 1 saturated heterocycles. The smallest absolute Gasteiger partial charge is 0.225 e. The van der Waals surface area contributed by atoms with Crippen molar-refractivity contribution >= 4 is 5.91 Å². The normalized spacial score (nSPS) is 21.0. The highest BCUT2D eigenvalue weighted by Gasteiger charge is 2.35. The van der Waals surface area contributed by atoms with Gasteiger partial charge < -0.3 is 14.7 Å². The Balaban J connectivity index is 1.50. The minimum Gasteiger partial charge on any atom is -0.490 e. The molecule has 0 atom stereocenters. The van der Waals surface area contributed by atoms with Gasteiger partial charge in [0, 0.05) is 25.9 Å². The molecule has 1 amide bonds. The molecule has 0 unspecified atom stereocenters. The Morgan fingerprint density at radius 1 is 1.25 bits per heavy atom. The summed E-state index contributed by atoms with van der Waals surface area (Å²) >= 11 is 0. The third-order valence-electron chi connectivity index (χ3n) is 5.45. The molecule has 3 rings (SSSR count). The number of amides is 1. The van der Waals surface area contributed by atoms with E-state index < -0.39 is 5.60 Å². The molecule has 1 aromatic carbocycles. The molecule has 2 fully saturated rings. The van der Waals surface area contributed by atoms with Gasteiger partial charge in [-0.25, -0.2) is 0 Å². The maximum atomic E-state index is 12.4. The number of piperidine rings is 1. The molecule has 1 heterocycles. The second-order valence-corrected chi connectivity index (χ2v) is 7.58. The second-order valence-electron chi connectivity index (χ2n) is 7.58. The summed E-state index contributed by atoms with van der Waals surface area (Å²) in [5, 5.41) is 10.4. The number of nitrogens with zero attached hydrogens (tertiary/aromatic N) is 1. The predicted molar refractivity (Wildman–Crippen MR) is 94.2 cm³/mol. The first-order valence-electron chi connectivity index (χ1n) is 9.19. The van der Waals surface area contributed by atoms with E-state index in [1.165, 1.54) is 5.56 Å². The maximum Gasteiger partial charge on any atom is 0.225 e. The summed E-state index contributed by atoms with van der Waals surface area (Å²) in [5.74, 6) is 1.06. The zero-order chi connectivity index (χ0) is 17.2. The lowest BCUT2D eigenvalue weighted by Gasteiger charge is -2.34. The van der Waals surface area contributed by atoms with Crippen molar-refractivity contribution < 1.29 is 14.6 Å². The minimum absolute atomic E-state index is 0.101. The van der Waals surface area contributed by atoms with Gasteiger partial charge in [-0.15, -0.1) is 0 Å². The van der Waals surface area contributed by atoms with E-state index in [4.69, 9.17) is 4.74 Å². The van der Waals surface area contributed by atoms with Crippen LogP contribution in [0.5, 0.6) is 5.75 Å². The van der Waals surface area contributed by atoms with Crippen LogP contribution in [0.1, 0.15) is 56.1 Å². The van der Waals surface area contributed by atoms with E-state index in [1.807, 2.05) is 4.90 Å². The van der Waals surface area contributed by atoms with Crippen LogP contribution in [0, 0.1) is 13.8 Å². The van der Waals surface area contributed by atoms with Crippen LogP contribution in [-0.2, 0) is 4.79 Å². The molecule has 4 nitrogen and oxygen atoms in total. The summed E-state index contributed by atoms with van der Waals surface area (Å²) in [5.41, 5.74) is 1.61. The Morgan fingerprint density at radius 2 is 1.92 bits per heavy atom. The van der Waals surface area contributed by atoms with Crippen molar-refractivity contribution in [3.63, 3.8) is 0 Å². The van der Waals surface area contributed by atoms with Crippen LogP contribution in [0.15, 0.2) is 18.2 Å². The zero-order valence-corrected chi connectivity index (χ0v) is 14.9. The number of hydrogen-bond acceptors (Lipinski definition) is 3. The van der Waals surface area contributed by atoms with Crippen molar-refractivity contribution in [1.29, 1.82) is 0 Å². The number of likely N-dealkylation sites (tertiary alicyclic amines) is 1. The number of aliphatic hydroxyl groups is 1. The fourth-order valence-electron chi connectivity index (χ4n) is 3.84. The van der Waals surface area contributed by atoms with Crippen molar-refractivity contribution in [2.45, 2.75) is 70.5 Å². The van der Waals surface area contributed by atoms with Crippen molar-refractivity contribution in [3.05, 3.63) is 29.3 Å². The average molecular weight is 331 g/mol. The van der Waals surface area contributed by atoms with Crippen LogP contribution in [0.2, 0.25) is 0 Å². The van der Waals surface area contributed by atoms with Crippen molar-refractivity contribution in [3.8, 4) is 5.75 Å². The molecule has 24 heavy (non-hydrogen) atoms. The summed E-state index contributed by atoms with van der Waals surface area (Å²) in [4.78, 5) is 14.4. The molecule has 2 aliphatic rings. The van der Waals surface area contributed by atoms with Gasteiger partial charge in [0.2, 0.25) is 5.91 Å². The monoisotopic (exact) mass is 331 g/mol. The fraction of sp³-hybridized carbons (Fsp3) is 0.650. The summed E-state index contributed by atoms with van der Waals surface area (Å²) in [7, 11) is 0. The van der Waals surface area contributed by atoms with E-state index in [0.29, 0.717) is 0 Å². The van der Waals surface area contributed by atoms with E-state index in [9.17, 15) is 9.90 Å². The fourth-order valence-corrected chi connectivity index (χ4v) is 3.84. The maximum absolute atomic E-state index is 12.4. The van der Waals surface area contributed by atoms with E-state index >= 15 is 0 Å². The predicted octanol–water partition coefficient (Wildman–Crippen LogP) is 3.37. The van der Waals surface area contributed by atoms with Crippen LogP contribution in [0.25, 0.3) is 0 Å². The van der Waals surface area contributed by atoms with E-state index in [2.05, 4.69) is 32.0 Å². The molecular formula is C20H29NO3. The first-order valence-corrected chi connectivity index (χ1v) is 9.19. The molecule has 0 bridgehead atoms. The zero-order valence-electron chi connectivity index (χ0n) is 14.9. The number of carbonyl (C=O) groups excluding carboxylic acids is 1. The molecule has 1 N–H and O–H groups in total. The van der Waals surface area contributed by atoms with Gasteiger partial charge >= 0.3 is 0 Å². The molecule has 0 aromatic heterocycles. The van der Waals surface area contributed by atoms with Crippen molar-refractivity contribution in [2.75, 3.05) is 13.1 Å². The summed E-state index contributed by atoms with van der Waals surface area (Å²) in [6.45, 7) is 5.59. The van der Waals surface area contributed by atoms with Gasteiger partial charge in [-0.3, -0.25) is 4.79 Å². The largest absolute Gasteiger partial charge is 0.490 e. The third-order valence-corrected chi connectivity index (χ3v) is 5.45. The van der Waals surface area contributed by atoms with Crippen LogP contribution in [-0.4, -0.2) is 40.7 Å². The Kier molecular flexibility index (Phi) is 5.14. The molecule has 132 valence electrons. The van der Waals surface area contributed by atoms with Gasteiger partial charge in [0.15, 0.2) is 0 Å². The highest BCUT2D eigenvalue weighted by Crippen LogP contribution is 2.33. The lowest BCUT2D eigenvalue weighted by Crippen LogP contribution is -2.44. The van der Waals surface area contributed by atoms with Gasteiger partial charge in [-0.05, 0) is 43.9 Å². The van der Waals surface area contributed by atoms with Crippen molar-refractivity contribution in [1.82, 2.24) is 4.90 Å². The quantitative estimate of drug-likeness (QED) is 0.920. The highest BCUT2D eigenvalue weighted by molar-refractivity contribution is 5.77. The Bertz CT molecular complexity index is 585. The number of carbonyl (C=O) groups is 1. The first kappa shape index (κ1) is 17.3. The van der Waals surface area contributed by atoms with Crippen LogP contribution in [0.3, 0.4) is 0 Å². The van der Waals surface area contributed by atoms with E-state index in [-0.39, 0.29) is 18.4 Å². The van der Waals surface area contributed by atoms with Crippen LogP contribution >= 0.6 is 0 Å². The average Bonchev–Trinajstić information content (AvgIpc) is 2.98. The Labute approximate surface area is 144 Å². The first-order chi connectivity index (χ1) is 11.5. The summed E-state index contributed by atoms with van der Waals surface area (Å²) in [6.07, 6.45) is 5.79. The highest BCUT2D eigenvalue weighted by atomic mass is 16.5. The number of hydrogen-bond donors (Lipinski definition) is 1. The van der Waals surface area contributed by atoms with E-state index in [1.54, 1.807) is 0 Å². The molecule has 1 aromatic rings. The van der Waals surface area contributed by atoms with Gasteiger partial charge in [0.25, 0.3) is 0 Å². The van der Waals surface area contributed by atoms with Gasteiger partial charge in [-0.2, -0.15) is 0 Å². The van der Waals surface area contributed by atoms with Gasteiger partial charge in [-0.1, -0.05) is 25.0 Å². The molecule has 1 aliphatic heterocycles. The Hall–Kier alpha value is -1.55. The lowest BCUT2D eigenvalue weighted by molar-refractivity contribution is -0.138. The van der Waals surface area contributed by atoms with Crippen LogP contribution in [0.4, 0.5) is 0 Å². The molecule has 0 spiro atoms. The number of rotatable bonds is 4. The number of benzene rings is 1. The molecule has 0 radical (unpaired) electrons. The summed E-state index contributed by atoms with van der Waals surface area (Å²) in [6, 6.07) is 6.27. The third kappa shape index (κ3) is 4.10. The topological polar surface area (TPSA) is 49.8 Å². The molecule has 1 aliphatic carbocycles.